The number of rotatable bonds is 4. The van der Waals surface area contributed by atoms with Crippen molar-refractivity contribution in [3.05, 3.63) is 50.2 Å². The van der Waals surface area contributed by atoms with E-state index < -0.39 is 6.10 Å². The average Bonchev–Trinajstić information content (AvgIpc) is 2.73. The van der Waals surface area contributed by atoms with Crippen molar-refractivity contribution in [3.63, 3.8) is 0 Å². The van der Waals surface area contributed by atoms with E-state index in [0.29, 0.717) is 0 Å². The number of hydrogen-bond donors (Lipinski definition) is 1. The van der Waals surface area contributed by atoms with Gasteiger partial charge in [-0.2, -0.15) is 5.10 Å². The van der Waals surface area contributed by atoms with Gasteiger partial charge in [-0.25, -0.2) is 0 Å². The summed E-state index contributed by atoms with van der Waals surface area (Å²) in [5.41, 5.74) is 2.77. The molecule has 2 rings (SSSR count). The van der Waals surface area contributed by atoms with Crippen LogP contribution in [0.5, 0.6) is 0 Å². The molecule has 2 aromatic rings. The molecule has 0 bridgehead atoms. The first-order valence-electron chi connectivity index (χ1n) is 6.20. The maximum Gasteiger partial charge on any atom is 0.122 e. The molecule has 0 saturated heterocycles. The Morgan fingerprint density at radius 2 is 2.11 bits per heavy atom. The van der Waals surface area contributed by atoms with E-state index >= 15 is 0 Å². The molecule has 0 amide bonds. The average molecular weight is 388 g/mol. The van der Waals surface area contributed by atoms with Gasteiger partial charge in [0.2, 0.25) is 0 Å². The monoisotopic (exact) mass is 386 g/mol. The lowest BCUT2D eigenvalue weighted by atomic mass is 10.0. The summed E-state index contributed by atoms with van der Waals surface area (Å²) >= 11 is 6.92. The molecule has 19 heavy (non-hydrogen) atoms. The first kappa shape index (κ1) is 14.8. The third-order valence-electron chi connectivity index (χ3n) is 3.06. The van der Waals surface area contributed by atoms with E-state index in [-0.39, 0.29) is 0 Å². The van der Waals surface area contributed by atoms with E-state index in [1.165, 1.54) is 0 Å². The fourth-order valence-electron chi connectivity index (χ4n) is 2.09. The van der Waals surface area contributed by atoms with E-state index in [2.05, 4.69) is 43.9 Å². The van der Waals surface area contributed by atoms with E-state index in [0.717, 1.165) is 38.7 Å². The van der Waals surface area contributed by atoms with Crippen molar-refractivity contribution in [2.24, 2.45) is 0 Å². The summed E-state index contributed by atoms with van der Waals surface area (Å²) in [5, 5.41) is 15.0. The molecule has 1 aromatic heterocycles. The molecule has 0 aliphatic carbocycles. The molecule has 102 valence electrons. The highest BCUT2D eigenvalue weighted by Crippen LogP contribution is 2.31. The summed E-state index contributed by atoms with van der Waals surface area (Å²) in [5.74, 6) is 0. The van der Waals surface area contributed by atoms with E-state index in [4.69, 9.17) is 0 Å². The fourth-order valence-corrected chi connectivity index (χ4v) is 2.98. The minimum atomic E-state index is -0.680. The highest BCUT2D eigenvalue weighted by atomic mass is 79.9. The van der Waals surface area contributed by atoms with E-state index in [1.54, 1.807) is 6.20 Å². The number of hydrogen-bond acceptors (Lipinski definition) is 2. The van der Waals surface area contributed by atoms with Crippen LogP contribution in [0, 0.1) is 6.92 Å². The number of nitrogens with zero attached hydrogens (tertiary/aromatic N) is 2. The van der Waals surface area contributed by atoms with Crippen molar-refractivity contribution < 1.29 is 5.11 Å². The third kappa shape index (κ3) is 3.09. The van der Waals surface area contributed by atoms with Gasteiger partial charge < -0.3 is 5.11 Å². The third-order valence-corrected chi connectivity index (χ3v) is 4.17. The van der Waals surface area contributed by atoms with Crippen molar-refractivity contribution >= 4 is 31.9 Å². The van der Waals surface area contributed by atoms with Gasteiger partial charge in [0.25, 0.3) is 0 Å². The topological polar surface area (TPSA) is 38.0 Å². The van der Waals surface area contributed by atoms with Gasteiger partial charge in [0.15, 0.2) is 0 Å². The number of halogens is 2. The minimum Gasteiger partial charge on any atom is -0.382 e. The minimum absolute atomic E-state index is 0.680. The Morgan fingerprint density at radius 3 is 2.79 bits per heavy atom. The first-order valence-corrected chi connectivity index (χ1v) is 7.78. The van der Waals surface area contributed by atoms with Crippen LogP contribution in [0.4, 0.5) is 0 Å². The molecule has 1 aromatic carbocycles. The summed E-state index contributed by atoms with van der Waals surface area (Å²) < 4.78 is 3.66. The molecule has 0 aliphatic rings. The number of aliphatic hydroxyl groups excluding tert-OH is 1. The van der Waals surface area contributed by atoms with Crippen LogP contribution >= 0.6 is 31.9 Å². The lowest BCUT2D eigenvalue weighted by molar-refractivity contribution is 0.205. The van der Waals surface area contributed by atoms with Crippen LogP contribution in [0.15, 0.2) is 33.3 Å². The van der Waals surface area contributed by atoms with Crippen molar-refractivity contribution in [1.82, 2.24) is 9.78 Å². The van der Waals surface area contributed by atoms with Gasteiger partial charge in [-0.15, -0.1) is 0 Å². The second-order valence-electron chi connectivity index (χ2n) is 4.50. The van der Waals surface area contributed by atoms with Gasteiger partial charge in [-0.3, -0.25) is 4.68 Å². The first-order chi connectivity index (χ1) is 9.04. The Balaban J connectivity index is 2.46. The van der Waals surface area contributed by atoms with Crippen LogP contribution < -0.4 is 0 Å². The SMILES string of the molecule is CCCn1ncc(Br)c1C(O)c1cc(Br)ccc1C. The quantitative estimate of drug-likeness (QED) is 0.853. The number of aliphatic hydroxyl groups is 1. The molecule has 1 heterocycles. The Morgan fingerprint density at radius 1 is 1.37 bits per heavy atom. The normalized spacial score (nSPS) is 12.7. The molecule has 3 nitrogen and oxygen atoms in total. The molecule has 0 saturated carbocycles. The van der Waals surface area contributed by atoms with Crippen LogP contribution in [0.3, 0.4) is 0 Å². The highest BCUT2D eigenvalue weighted by Gasteiger charge is 2.21. The Bertz CT molecular complexity index is 581. The van der Waals surface area contributed by atoms with Crippen LogP contribution in [-0.4, -0.2) is 14.9 Å². The second kappa shape index (κ2) is 6.20. The van der Waals surface area contributed by atoms with E-state index in [1.807, 2.05) is 29.8 Å². The predicted molar refractivity (Wildman–Crippen MR) is 83.2 cm³/mol. The predicted octanol–water partition coefficient (Wildman–Crippen LogP) is 4.21. The maximum atomic E-state index is 10.7. The van der Waals surface area contributed by atoms with Crippen LogP contribution in [0.25, 0.3) is 0 Å². The molecule has 0 fully saturated rings. The molecule has 0 spiro atoms. The number of benzene rings is 1. The largest absolute Gasteiger partial charge is 0.382 e. The van der Waals surface area contributed by atoms with Crippen LogP contribution in [-0.2, 0) is 6.54 Å². The zero-order valence-electron chi connectivity index (χ0n) is 10.9. The van der Waals surface area contributed by atoms with Gasteiger partial charge in [0.05, 0.1) is 16.4 Å². The zero-order valence-corrected chi connectivity index (χ0v) is 14.1. The molecule has 1 N–H and O–H groups in total. The molecule has 0 radical (unpaired) electrons. The lowest BCUT2D eigenvalue weighted by Gasteiger charge is -2.16. The number of aryl methyl sites for hydroxylation is 2. The van der Waals surface area contributed by atoms with E-state index in [9.17, 15) is 5.11 Å². The summed E-state index contributed by atoms with van der Waals surface area (Å²) in [6.45, 7) is 4.89. The van der Waals surface area contributed by atoms with Crippen molar-refractivity contribution in [2.75, 3.05) is 0 Å². The number of aromatic nitrogens is 2. The molecule has 1 unspecified atom stereocenters. The molecule has 0 aliphatic heterocycles. The van der Waals surface area contributed by atoms with Crippen molar-refractivity contribution in [2.45, 2.75) is 32.9 Å². The molecule has 5 heteroatoms. The standard InChI is InChI=1S/C14H16Br2N2O/c1-3-6-18-13(12(16)8-17-18)14(19)11-7-10(15)5-4-9(11)2/h4-5,7-8,14,19H,3,6H2,1-2H3. The van der Waals surface area contributed by atoms with Crippen LogP contribution in [0.1, 0.15) is 36.3 Å². The fraction of sp³-hybridized carbons (Fsp3) is 0.357. The summed E-state index contributed by atoms with van der Waals surface area (Å²) in [7, 11) is 0. The molecular weight excluding hydrogens is 372 g/mol. The molecular formula is C14H16Br2N2O. The lowest BCUT2D eigenvalue weighted by Crippen LogP contribution is -2.11. The maximum absolute atomic E-state index is 10.7. The highest BCUT2D eigenvalue weighted by molar-refractivity contribution is 9.10. The van der Waals surface area contributed by atoms with Gasteiger partial charge in [0, 0.05) is 11.0 Å². The van der Waals surface area contributed by atoms with Gasteiger partial charge in [-0.1, -0.05) is 28.9 Å². The van der Waals surface area contributed by atoms with Gasteiger partial charge in [-0.05, 0) is 52.5 Å². The van der Waals surface area contributed by atoms with Gasteiger partial charge >= 0.3 is 0 Å². The Labute approximate surface area is 129 Å². The van der Waals surface area contributed by atoms with Crippen molar-refractivity contribution in [3.8, 4) is 0 Å². The summed E-state index contributed by atoms with van der Waals surface area (Å²) in [6.07, 6.45) is 2.04. The summed E-state index contributed by atoms with van der Waals surface area (Å²) in [4.78, 5) is 0. The van der Waals surface area contributed by atoms with Crippen LogP contribution in [0.2, 0.25) is 0 Å². The second-order valence-corrected chi connectivity index (χ2v) is 6.27. The zero-order chi connectivity index (χ0) is 14.0. The van der Waals surface area contributed by atoms with Crippen molar-refractivity contribution in [1.29, 1.82) is 0 Å². The Hall–Kier alpha value is -0.650. The molecule has 1 atom stereocenters. The smallest absolute Gasteiger partial charge is 0.122 e. The Kier molecular flexibility index (Phi) is 4.81. The van der Waals surface area contributed by atoms with Gasteiger partial charge in [0.1, 0.15) is 6.10 Å². The summed E-state index contributed by atoms with van der Waals surface area (Å²) in [6, 6.07) is 5.93.